The number of aryl methyl sites for hydroxylation is 1. The quantitative estimate of drug-likeness (QED) is 0.800. The van der Waals surface area contributed by atoms with E-state index in [-0.39, 0.29) is 12.3 Å². The minimum Gasteiger partial charge on any atom is -0.481 e. The van der Waals surface area contributed by atoms with Gasteiger partial charge in [0.15, 0.2) is 0 Å². The molecule has 0 radical (unpaired) electrons. The molecule has 0 aliphatic heterocycles. The lowest BCUT2D eigenvalue weighted by Crippen LogP contribution is -2.54. The van der Waals surface area contributed by atoms with Gasteiger partial charge in [0, 0.05) is 10.5 Å². The van der Waals surface area contributed by atoms with Crippen molar-refractivity contribution in [2.45, 2.75) is 38.1 Å². The molecule has 1 fully saturated rings. The van der Waals surface area contributed by atoms with Crippen molar-refractivity contribution in [2.24, 2.45) is 0 Å². The highest BCUT2D eigenvalue weighted by Gasteiger charge is 2.39. The summed E-state index contributed by atoms with van der Waals surface area (Å²) < 4.78 is 0.926. The van der Waals surface area contributed by atoms with E-state index in [4.69, 9.17) is 5.11 Å². The number of halogens is 1. The zero-order valence-electron chi connectivity index (χ0n) is 11.9. The molecule has 2 N–H and O–H groups in total. The van der Waals surface area contributed by atoms with E-state index in [0.717, 1.165) is 34.9 Å². The van der Waals surface area contributed by atoms with Crippen molar-refractivity contribution < 1.29 is 14.7 Å². The number of carboxylic acid groups (broad SMARTS) is 1. The normalized spacial score (nSPS) is 16.5. The Labute approximate surface area is 132 Å². The fourth-order valence-electron chi connectivity index (χ4n) is 2.47. The maximum absolute atomic E-state index is 12.0. The number of amides is 1. The second-order valence-electron chi connectivity index (χ2n) is 5.55. The van der Waals surface area contributed by atoms with E-state index in [9.17, 15) is 9.59 Å². The van der Waals surface area contributed by atoms with Crippen LogP contribution in [0.1, 0.15) is 36.8 Å². The SMILES string of the molecule is Cc1ccc(C=CC(=O)NC2(CC(=O)O)CCC2)c(Br)c1. The van der Waals surface area contributed by atoms with Gasteiger partial charge in [-0.2, -0.15) is 0 Å². The minimum absolute atomic E-state index is 0.0131. The molecule has 21 heavy (non-hydrogen) atoms. The van der Waals surface area contributed by atoms with Crippen LogP contribution in [0.25, 0.3) is 6.08 Å². The van der Waals surface area contributed by atoms with Gasteiger partial charge in [0.2, 0.25) is 5.91 Å². The van der Waals surface area contributed by atoms with E-state index in [0.29, 0.717) is 0 Å². The van der Waals surface area contributed by atoms with Crippen LogP contribution in [0, 0.1) is 6.92 Å². The number of hydrogen-bond donors (Lipinski definition) is 2. The zero-order valence-corrected chi connectivity index (χ0v) is 13.4. The second kappa shape index (κ2) is 6.43. The third-order valence-electron chi connectivity index (χ3n) is 3.76. The first kappa shape index (κ1) is 15.8. The van der Waals surface area contributed by atoms with Gasteiger partial charge in [-0.3, -0.25) is 9.59 Å². The number of carboxylic acids is 1. The van der Waals surface area contributed by atoms with Gasteiger partial charge >= 0.3 is 5.97 Å². The molecule has 112 valence electrons. The molecule has 1 aromatic carbocycles. The van der Waals surface area contributed by atoms with E-state index in [2.05, 4.69) is 21.2 Å². The van der Waals surface area contributed by atoms with Crippen LogP contribution in [0.15, 0.2) is 28.7 Å². The lowest BCUT2D eigenvalue weighted by Gasteiger charge is -2.41. The van der Waals surface area contributed by atoms with E-state index in [1.165, 1.54) is 6.08 Å². The number of benzene rings is 1. The van der Waals surface area contributed by atoms with Crippen molar-refractivity contribution in [1.82, 2.24) is 5.32 Å². The number of hydrogen-bond acceptors (Lipinski definition) is 2. The molecule has 0 saturated heterocycles. The summed E-state index contributed by atoms with van der Waals surface area (Å²) in [4.78, 5) is 22.8. The fraction of sp³-hybridized carbons (Fsp3) is 0.375. The summed E-state index contributed by atoms with van der Waals surface area (Å²) in [5.74, 6) is -1.12. The molecule has 1 aliphatic carbocycles. The molecule has 4 nitrogen and oxygen atoms in total. The minimum atomic E-state index is -0.875. The Bertz CT molecular complexity index is 591. The molecule has 1 saturated carbocycles. The zero-order chi connectivity index (χ0) is 15.5. The third-order valence-corrected chi connectivity index (χ3v) is 4.45. The van der Waals surface area contributed by atoms with E-state index >= 15 is 0 Å². The largest absolute Gasteiger partial charge is 0.481 e. The molecular weight excluding hydrogens is 334 g/mol. The predicted molar refractivity (Wildman–Crippen MR) is 84.9 cm³/mol. The summed E-state index contributed by atoms with van der Waals surface area (Å²) in [7, 11) is 0. The van der Waals surface area contributed by atoms with E-state index in [1.807, 2.05) is 25.1 Å². The molecule has 1 aromatic rings. The van der Waals surface area contributed by atoms with Gasteiger partial charge in [-0.05, 0) is 49.5 Å². The second-order valence-corrected chi connectivity index (χ2v) is 6.41. The van der Waals surface area contributed by atoms with Gasteiger partial charge in [-0.1, -0.05) is 28.1 Å². The van der Waals surface area contributed by atoms with Crippen LogP contribution in [0.3, 0.4) is 0 Å². The number of carbonyl (C=O) groups is 2. The van der Waals surface area contributed by atoms with Crippen molar-refractivity contribution in [2.75, 3.05) is 0 Å². The monoisotopic (exact) mass is 351 g/mol. The van der Waals surface area contributed by atoms with Crippen LogP contribution in [0.2, 0.25) is 0 Å². The Hall–Kier alpha value is -1.62. The third kappa shape index (κ3) is 4.17. The van der Waals surface area contributed by atoms with Crippen LogP contribution in [-0.4, -0.2) is 22.5 Å². The van der Waals surface area contributed by atoms with Crippen molar-refractivity contribution in [1.29, 1.82) is 0 Å². The molecule has 1 amide bonds. The smallest absolute Gasteiger partial charge is 0.305 e. The maximum atomic E-state index is 12.0. The Morgan fingerprint density at radius 3 is 2.67 bits per heavy atom. The molecule has 0 unspecified atom stereocenters. The molecule has 5 heteroatoms. The van der Waals surface area contributed by atoms with Crippen molar-refractivity contribution >= 4 is 33.9 Å². The Morgan fingerprint density at radius 1 is 1.43 bits per heavy atom. The Balaban J connectivity index is 2.00. The molecule has 0 heterocycles. The number of carbonyl (C=O) groups excluding carboxylic acids is 1. The molecule has 0 spiro atoms. The number of aliphatic carboxylic acids is 1. The molecule has 2 rings (SSSR count). The summed E-state index contributed by atoms with van der Waals surface area (Å²) in [6, 6.07) is 5.88. The average molecular weight is 352 g/mol. The molecule has 0 bridgehead atoms. The van der Waals surface area contributed by atoms with Crippen LogP contribution >= 0.6 is 15.9 Å². The standard InChI is InChI=1S/C16H18BrNO3/c1-11-3-4-12(13(17)9-11)5-6-14(19)18-16(7-2-8-16)10-15(20)21/h3-6,9H,2,7-8,10H2,1H3,(H,18,19)(H,20,21). The summed E-state index contributed by atoms with van der Waals surface area (Å²) >= 11 is 3.46. The summed E-state index contributed by atoms with van der Waals surface area (Å²) in [5, 5.41) is 11.8. The average Bonchev–Trinajstić information content (AvgIpc) is 2.34. The molecule has 1 aliphatic rings. The first-order valence-electron chi connectivity index (χ1n) is 6.88. The topological polar surface area (TPSA) is 66.4 Å². The predicted octanol–water partition coefficient (Wildman–Crippen LogP) is 3.28. The van der Waals surface area contributed by atoms with Gasteiger partial charge in [-0.15, -0.1) is 0 Å². The van der Waals surface area contributed by atoms with Gasteiger partial charge in [0.1, 0.15) is 0 Å². The molecule has 0 atom stereocenters. The lowest BCUT2D eigenvalue weighted by atomic mass is 9.74. The summed E-state index contributed by atoms with van der Waals surface area (Å²) in [6.07, 6.45) is 5.59. The van der Waals surface area contributed by atoms with Crippen LogP contribution in [0.4, 0.5) is 0 Å². The van der Waals surface area contributed by atoms with Gasteiger partial charge in [0.25, 0.3) is 0 Å². The summed E-state index contributed by atoms with van der Waals surface area (Å²) in [5.41, 5.74) is 1.49. The Morgan fingerprint density at radius 2 is 2.14 bits per heavy atom. The first-order valence-corrected chi connectivity index (χ1v) is 7.68. The van der Waals surface area contributed by atoms with Crippen LogP contribution < -0.4 is 5.32 Å². The summed E-state index contributed by atoms with van der Waals surface area (Å²) in [6.45, 7) is 2.00. The maximum Gasteiger partial charge on any atom is 0.305 e. The van der Waals surface area contributed by atoms with Crippen molar-refractivity contribution in [3.8, 4) is 0 Å². The van der Waals surface area contributed by atoms with E-state index < -0.39 is 11.5 Å². The molecular formula is C16H18BrNO3. The molecule has 0 aromatic heterocycles. The first-order chi connectivity index (χ1) is 9.90. The van der Waals surface area contributed by atoms with Crippen molar-refractivity contribution in [3.63, 3.8) is 0 Å². The van der Waals surface area contributed by atoms with E-state index in [1.54, 1.807) is 6.08 Å². The number of rotatable bonds is 5. The van der Waals surface area contributed by atoms with Crippen LogP contribution in [0.5, 0.6) is 0 Å². The van der Waals surface area contributed by atoms with Crippen molar-refractivity contribution in [3.05, 3.63) is 39.9 Å². The van der Waals surface area contributed by atoms with Gasteiger partial charge in [-0.25, -0.2) is 0 Å². The fourth-order valence-corrected chi connectivity index (χ4v) is 3.10. The highest BCUT2D eigenvalue weighted by Crippen LogP contribution is 2.34. The van der Waals surface area contributed by atoms with Gasteiger partial charge < -0.3 is 10.4 Å². The van der Waals surface area contributed by atoms with Crippen LogP contribution in [-0.2, 0) is 9.59 Å². The highest BCUT2D eigenvalue weighted by molar-refractivity contribution is 9.10. The highest BCUT2D eigenvalue weighted by atomic mass is 79.9. The Kier molecular flexibility index (Phi) is 4.83. The number of nitrogens with one attached hydrogen (secondary N) is 1. The lowest BCUT2D eigenvalue weighted by molar-refractivity contribution is -0.140. The van der Waals surface area contributed by atoms with Gasteiger partial charge in [0.05, 0.1) is 12.0 Å².